The summed E-state index contributed by atoms with van der Waals surface area (Å²) in [5, 5.41) is 3.05. The molecule has 1 aliphatic carbocycles. The maximum atomic E-state index is 12.7. The minimum absolute atomic E-state index is 0.0298. The van der Waals surface area contributed by atoms with E-state index in [1.165, 1.54) is 4.90 Å². The molecule has 0 spiro atoms. The highest BCUT2D eigenvalue weighted by molar-refractivity contribution is 6.07. The normalized spacial score (nSPS) is 23.9. The van der Waals surface area contributed by atoms with Gasteiger partial charge in [0, 0.05) is 0 Å². The maximum absolute atomic E-state index is 12.7. The summed E-state index contributed by atoms with van der Waals surface area (Å²) < 4.78 is 0. The molecule has 3 unspecified atom stereocenters. The molecule has 0 radical (unpaired) electrons. The maximum Gasteiger partial charge on any atom is 0.240 e. The molecule has 27 heavy (non-hydrogen) atoms. The fourth-order valence-corrected chi connectivity index (χ4v) is 4.32. The summed E-state index contributed by atoms with van der Waals surface area (Å²) in [4.78, 5) is 39.1. The van der Waals surface area contributed by atoms with Gasteiger partial charge >= 0.3 is 0 Å². The van der Waals surface area contributed by atoms with Gasteiger partial charge < -0.3 is 5.32 Å². The Labute approximate surface area is 161 Å². The van der Waals surface area contributed by atoms with Crippen molar-refractivity contribution in [1.29, 1.82) is 0 Å². The summed E-state index contributed by atoms with van der Waals surface area (Å²) in [6.45, 7) is 6.23. The van der Waals surface area contributed by atoms with Gasteiger partial charge in [-0.1, -0.05) is 63.9 Å². The minimum Gasteiger partial charge on any atom is -0.348 e. The van der Waals surface area contributed by atoms with Crippen molar-refractivity contribution in [3.63, 3.8) is 0 Å². The number of nitrogens with one attached hydrogen (secondary N) is 1. The third kappa shape index (κ3) is 4.57. The number of carbonyl (C=O) groups excluding carboxylic acids is 3. The fraction of sp³-hybridized carbons (Fsp3) is 0.591. The van der Waals surface area contributed by atoms with Crippen molar-refractivity contribution >= 4 is 17.7 Å². The molecule has 0 bridgehead atoms. The number of benzene rings is 1. The largest absolute Gasteiger partial charge is 0.348 e. The lowest BCUT2D eigenvalue weighted by Gasteiger charge is -2.28. The van der Waals surface area contributed by atoms with Gasteiger partial charge in [0.2, 0.25) is 17.7 Å². The van der Waals surface area contributed by atoms with Crippen molar-refractivity contribution in [2.45, 2.75) is 58.9 Å². The van der Waals surface area contributed by atoms with Gasteiger partial charge in [0.15, 0.2) is 0 Å². The van der Waals surface area contributed by atoms with Crippen LogP contribution in [0.2, 0.25) is 0 Å². The first kappa shape index (κ1) is 19.6. The van der Waals surface area contributed by atoms with Gasteiger partial charge in [-0.15, -0.1) is 0 Å². The summed E-state index contributed by atoms with van der Waals surface area (Å²) in [5.41, 5.74) is 1.07. The number of rotatable bonds is 5. The highest BCUT2D eigenvalue weighted by atomic mass is 16.2. The Kier molecular flexibility index (Phi) is 5.68. The first-order chi connectivity index (χ1) is 12.8. The predicted octanol–water partition coefficient (Wildman–Crippen LogP) is 3.46. The van der Waals surface area contributed by atoms with Gasteiger partial charge in [-0.25, -0.2) is 0 Å². The second-order valence-electron chi connectivity index (χ2n) is 9.06. The lowest BCUT2D eigenvalue weighted by molar-refractivity contribution is -0.143. The number of likely N-dealkylation sites (tertiary alicyclic amines) is 1. The summed E-state index contributed by atoms with van der Waals surface area (Å²) in [5.74, 6) is -1.01. The zero-order valence-corrected chi connectivity index (χ0v) is 16.5. The van der Waals surface area contributed by atoms with Crippen LogP contribution in [0.1, 0.15) is 64.5 Å². The Bertz CT molecular complexity index is 684. The van der Waals surface area contributed by atoms with E-state index in [0.717, 1.165) is 37.7 Å². The van der Waals surface area contributed by atoms with Crippen LogP contribution >= 0.6 is 0 Å². The number of hydrogen-bond donors (Lipinski definition) is 1. The first-order valence-corrected chi connectivity index (χ1v) is 9.96. The second-order valence-corrected chi connectivity index (χ2v) is 9.06. The van der Waals surface area contributed by atoms with E-state index in [1.54, 1.807) is 0 Å². The number of fused-ring (bicyclic) bond motifs is 1. The van der Waals surface area contributed by atoms with Crippen molar-refractivity contribution < 1.29 is 14.4 Å². The van der Waals surface area contributed by atoms with Crippen molar-refractivity contribution in [1.82, 2.24) is 10.2 Å². The predicted molar refractivity (Wildman–Crippen MR) is 104 cm³/mol. The Morgan fingerprint density at radius 2 is 1.63 bits per heavy atom. The standard InChI is InChI=1S/C22H30N2O3/c1-22(2,3)13-18(15-9-5-4-6-10-15)23-19(25)14-24-20(26)16-11-7-8-12-17(16)21(24)27/h4-6,9-10,16-18H,7-8,11-14H2,1-3H3,(H,23,25). The number of nitrogens with zero attached hydrogens (tertiary/aromatic N) is 1. The number of carbonyl (C=O) groups is 3. The topological polar surface area (TPSA) is 66.5 Å². The molecule has 2 aliphatic rings. The molecule has 1 heterocycles. The van der Waals surface area contributed by atoms with Crippen LogP contribution in [-0.4, -0.2) is 29.2 Å². The summed E-state index contributed by atoms with van der Waals surface area (Å²) >= 11 is 0. The Hall–Kier alpha value is -2.17. The summed E-state index contributed by atoms with van der Waals surface area (Å²) in [6.07, 6.45) is 4.29. The van der Waals surface area contributed by atoms with Gasteiger partial charge in [0.1, 0.15) is 6.54 Å². The molecule has 1 aromatic rings. The van der Waals surface area contributed by atoms with Crippen molar-refractivity contribution in [2.75, 3.05) is 6.54 Å². The highest BCUT2D eigenvalue weighted by Crippen LogP contribution is 2.38. The summed E-state index contributed by atoms with van der Waals surface area (Å²) in [6, 6.07) is 9.70. The molecule has 5 nitrogen and oxygen atoms in total. The Morgan fingerprint density at radius 3 is 2.15 bits per heavy atom. The summed E-state index contributed by atoms with van der Waals surface area (Å²) in [7, 11) is 0. The van der Waals surface area contributed by atoms with Gasteiger partial charge in [-0.2, -0.15) is 0 Å². The molecule has 1 saturated carbocycles. The molecule has 5 heteroatoms. The third-order valence-corrected chi connectivity index (χ3v) is 5.59. The average Bonchev–Trinajstić information content (AvgIpc) is 2.86. The average molecular weight is 370 g/mol. The quantitative estimate of drug-likeness (QED) is 0.807. The molecule has 146 valence electrons. The van der Waals surface area contributed by atoms with Crippen LogP contribution in [0.5, 0.6) is 0 Å². The number of hydrogen-bond acceptors (Lipinski definition) is 3. The lowest BCUT2D eigenvalue weighted by atomic mass is 9.81. The molecule has 3 atom stereocenters. The molecule has 2 fully saturated rings. The van der Waals surface area contributed by atoms with E-state index in [9.17, 15) is 14.4 Å². The van der Waals surface area contributed by atoms with E-state index in [2.05, 4.69) is 26.1 Å². The second kappa shape index (κ2) is 7.83. The molecule has 1 saturated heterocycles. The van der Waals surface area contributed by atoms with Crippen LogP contribution in [0, 0.1) is 17.3 Å². The van der Waals surface area contributed by atoms with Crippen LogP contribution in [0.4, 0.5) is 0 Å². The third-order valence-electron chi connectivity index (χ3n) is 5.59. The van der Waals surface area contributed by atoms with Crippen LogP contribution in [0.3, 0.4) is 0 Å². The zero-order chi connectivity index (χ0) is 19.6. The van der Waals surface area contributed by atoms with Gasteiger partial charge in [0.25, 0.3) is 0 Å². The molecule has 1 aliphatic heterocycles. The number of amides is 3. The SMILES string of the molecule is CC(C)(C)CC(NC(=O)CN1C(=O)C2CCCCC2C1=O)c1ccccc1. The Balaban J connectivity index is 1.69. The van der Waals surface area contributed by atoms with Gasteiger partial charge in [0.05, 0.1) is 17.9 Å². The van der Waals surface area contributed by atoms with Crippen molar-refractivity contribution in [3.8, 4) is 0 Å². The van der Waals surface area contributed by atoms with Crippen LogP contribution in [0.15, 0.2) is 30.3 Å². The van der Waals surface area contributed by atoms with Gasteiger partial charge in [-0.05, 0) is 30.2 Å². The lowest BCUT2D eigenvalue weighted by Crippen LogP contribution is -2.42. The molecular weight excluding hydrogens is 340 g/mol. The van der Waals surface area contributed by atoms with E-state index in [0.29, 0.717) is 0 Å². The highest BCUT2D eigenvalue weighted by Gasteiger charge is 2.48. The molecular formula is C22H30N2O3. The van der Waals surface area contributed by atoms with E-state index >= 15 is 0 Å². The van der Waals surface area contributed by atoms with Crippen LogP contribution in [0.25, 0.3) is 0 Å². The van der Waals surface area contributed by atoms with E-state index in [1.807, 2.05) is 30.3 Å². The monoisotopic (exact) mass is 370 g/mol. The Morgan fingerprint density at radius 1 is 1.07 bits per heavy atom. The van der Waals surface area contributed by atoms with Gasteiger partial charge in [-0.3, -0.25) is 19.3 Å². The molecule has 0 aromatic heterocycles. The minimum atomic E-state index is -0.270. The fourth-order valence-electron chi connectivity index (χ4n) is 4.32. The zero-order valence-electron chi connectivity index (χ0n) is 16.5. The van der Waals surface area contributed by atoms with E-state index in [4.69, 9.17) is 0 Å². The molecule has 3 amide bonds. The van der Waals surface area contributed by atoms with E-state index < -0.39 is 0 Å². The molecule has 3 rings (SSSR count). The molecule has 1 N–H and O–H groups in total. The smallest absolute Gasteiger partial charge is 0.240 e. The number of imide groups is 1. The van der Waals surface area contributed by atoms with Crippen LogP contribution < -0.4 is 5.32 Å². The van der Waals surface area contributed by atoms with Crippen LogP contribution in [-0.2, 0) is 14.4 Å². The van der Waals surface area contributed by atoms with Crippen molar-refractivity contribution in [3.05, 3.63) is 35.9 Å². The van der Waals surface area contributed by atoms with Crippen molar-refractivity contribution in [2.24, 2.45) is 17.3 Å². The first-order valence-electron chi connectivity index (χ1n) is 9.96. The van der Waals surface area contributed by atoms with E-state index in [-0.39, 0.29) is 47.6 Å². The molecule has 1 aromatic carbocycles.